The monoisotopic (exact) mass is 249 g/mol. The van der Waals surface area contributed by atoms with E-state index in [9.17, 15) is 9.59 Å². The maximum atomic E-state index is 11.5. The SMILES string of the molecule is CC(=O)C(C(C)=O)N1CCC=C(c2nn[nH]n2)C1. The Labute approximate surface area is 104 Å². The Balaban J connectivity index is 2.16. The number of carbonyl (C=O) groups excluding carboxylic acids is 2. The summed E-state index contributed by atoms with van der Waals surface area (Å²) < 4.78 is 0. The summed E-state index contributed by atoms with van der Waals surface area (Å²) in [7, 11) is 0. The number of nitrogens with one attached hydrogen (secondary N) is 1. The van der Waals surface area contributed by atoms with E-state index in [-0.39, 0.29) is 11.6 Å². The Morgan fingerprint density at radius 1 is 1.39 bits per heavy atom. The lowest BCUT2D eigenvalue weighted by Gasteiger charge is -2.31. The van der Waals surface area contributed by atoms with Crippen LogP contribution in [-0.4, -0.2) is 56.2 Å². The van der Waals surface area contributed by atoms with Gasteiger partial charge in [-0.25, -0.2) is 0 Å². The Morgan fingerprint density at radius 2 is 2.11 bits per heavy atom. The number of aromatic amines is 1. The molecule has 0 atom stereocenters. The van der Waals surface area contributed by atoms with E-state index in [4.69, 9.17) is 0 Å². The summed E-state index contributed by atoms with van der Waals surface area (Å²) in [6.07, 6.45) is 2.78. The van der Waals surface area contributed by atoms with Crippen molar-refractivity contribution in [2.75, 3.05) is 13.1 Å². The maximum Gasteiger partial charge on any atom is 0.201 e. The predicted molar refractivity (Wildman–Crippen MR) is 63.5 cm³/mol. The van der Waals surface area contributed by atoms with Crippen molar-refractivity contribution in [1.82, 2.24) is 25.5 Å². The average molecular weight is 249 g/mol. The summed E-state index contributed by atoms with van der Waals surface area (Å²) in [5, 5.41) is 13.7. The van der Waals surface area contributed by atoms with E-state index in [0.29, 0.717) is 18.9 Å². The van der Waals surface area contributed by atoms with Crippen LogP contribution in [0.3, 0.4) is 0 Å². The van der Waals surface area contributed by atoms with Crippen molar-refractivity contribution >= 4 is 17.1 Å². The van der Waals surface area contributed by atoms with Crippen LogP contribution in [-0.2, 0) is 9.59 Å². The molecule has 2 rings (SSSR count). The van der Waals surface area contributed by atoms with E-state index in [2.05, 4.69) is 20.6 Å². The van der Waals surface area contributed by atoms with Gasteiger partial charge in [0, 0.05) is 18.7 Å². The molecule has 7 nitrogen and oxygen atoms in total. The van der Waals surface area contributed by atoms with Gasteiger partial charge in [0.1, 0.15) is 6.04 Å². The van der Waals surface area contributed by atoms with E-state index >= 15 is 0 Å². The first kappa shape index (κ1) is 12.6. The van der Waals surface area contributed by atoms with Gasteiger partial charge in [-0.05, 0) is 25.5 Å². The molecule has 0 spiro atoms. The second kappa shape index (κ2) is 5.18. The summed E-state index contributed by atoms with van der Waals surface area (Å²) in [6.45, 7) is 4.06. The van der Waals surface area contributed by atoms with Crippen molar-refractivity contribution in [3.8, 4) is 0 Å². The predicted octanol–water partition coefficient (Wildman–Crippen LogP) is -0.165. The third-order valence-corrected chi connectivity index (χ3v) is 2.95. The van der Waals surface area contributed by atoms with Gasteiger partial charge in [0.05, 0.1) is 0 Å². The van der Waals surface area contributed by atoms with Gasteiger partial charge in [-0.3, -0.25) is 14.5 Å². The van der Waals surface area contributed by atoms with Gasteiger partial charge in [0.25, 0.3) is 0 Å². The van der Waals surface area contributed by atoms with Crippen molar-refractivity contribution in [2.24, 2.45) is 0 Å². The summed E-state index contributed by atoms with van der Waals surface area (Å²) >= 11 is 0. The van der Waals surface area contributed by atoms with Crippen LogP contribution in [0.15, 0.2) is 6.08 Å². The van der Waals surface area contributed by atoms with Crippen LogP contribution in [0.2, 0.25) is 0 Å². The molecule has 1 aromatic heterocycles. The molecule has 1 N–H and O–H groups in total. The fraction of sp³-hybridized carbons (Fsp3) is 0.545. The first-order valence-electron chi connectivity index (χ1n) is 5.77. The number of hydrogen-bond donors (Lipinski definition) is 1. The molecule has 1 aromatic rings. The lowest BCUT2D eigenvalue weighted by atomic mass is 10.0. The number of rotatable bonds is 4. The topological polar surface area (TPSA) is 91.8 Å². The molecule has 7 heteroatoms. The Kier molecular flexibility index (Phi) is 3.61. The molecule has 18 heavy (non-hydrogen) atoms. The van der Waals surface area contributed by atoms with E-state index in [1.807, 2.05) is 11.0 Å². The van der Waals surface area contributed by atoms with Crippen LogP contribution >= 0.6 is 0 Å². The lowest BCUT2D eigenvalue weighted by Crippen LogP contribution is -2.47. The van der Waals surface area contributed by atoms with Gasteiger partial charge in [0.15, 0.2) is 11.6 Å². The van der Waals surface area contributed by atoms with Gasteiger partial charge in [-0.1, -0.05) is 6.08 Å². The standard InChI is InChI=1S/C11H15N5O2/c1-7(17)10(8(2)18)16-5-3-4-9(6-16)11-12-14-15-13-11/h4,10H,3,5-6H2,1-2H3,(H,12,13,14,15). The average Bonchev–Trinajstić information content (AvgIpc) is 2.81. The van der Waals surface area contributed by atoms with E-state index < -0.39 is 6.04 Å². The molecule has 0 bridgehead atoms. The maximum absolute atomic E-state index is 11.5. The number of hydrogen-bond acceptors (Lipinski definition) is 6. The second-order valence-corrected chi connectivity index (χ2v) is 4.35. The first-order valence-corrected chi connectivity index (χ1v) is 5.77. The Morgan fingerprint density at radius 3 is 2.67 bits per heavy atom. The van der Waals surface area contributed by atoms with Crippen LogP contribution in [0.5, 0.6) is 0 Å². The van der Waals surface area contributed by atoms with Crippen LogP contribution in [0, 0.1) is 0 Å². The van der Waals surface area contributed by atoms with Gasteiger partial charge in [0.2, 0.25) is 5.82 Å². The fourth-order valence-corrected chi connectivity index (χ4v) is 2.25. The minimum atomic E-state index is -0.666. The molecule has 0 radical (unpaired) electrons. The zero-order valence-electron chi connectivity index (χ0n) is 10.4. The summed E-state index contributed by atoms with van der Waals surface area (Å²) in [5.74, 6) is 0.263. The normalized spacial score (nSPS) is 16.7. The van der Waals surface area contributed by atoms with E-state index in [0.717, 1.165) is 12.0 Å². The number of carbonyl (C=O) groups is 2. The van der Waals surface area contributed by atoms with Crippen molar-refractivity contribution in [1.29, 1.82) is 0 Å². The van der Waals surface area contributed by atoms with Crippen molar-refractivity contribution in [2.45, 2.75) is 26.3 Å². The molecule has 0 aromatic carbocycles. The van der Waals surface area contributed by atoms with Crippen molar-refractivity contribution in [3.63, 3.8) is 0 Å². The Hall–Kier alpha value is -1.89. The van der Waals surface area contributed by atoms with Crippen LogP contribution in [0.25, 0.3) is 5.57 Å². The summed E-state index contributed by atoms with van der Waals surface area (Å²) in [5.41, 5.74) is 0.891. The first-order chi connectivity index (χ1) is 8.59. The highest BCUT2D eigenvalue weighted by Gasteiger charge is 2.29. The quantitative estimate of drug-likeness (QED) is 0.745. The molecule has 1 aliphatic heterocycles. The molecule has 1 aliphatic rings. The number of Topliss-reactive ketones (excluding diaryl/α,β-unsaturated/α-hetero) is 2. The Bertz CT molecular complexity index is 466. The van der Waals surface area contributed by atoms with Crippen LogP contribution in [0.1, 0.15) is 26.1 Å². The largest absolute Gasteiger partial charge is 0.298 e. The number of tetrazole rings is 1. The minimum Gasteiger partial charge on any atom is -0.298 e. The fourth-order valence-electron chi connectivity index (χ4n) is 2.25. The molecular formula is C11H15N5O2. The minimum absolute atomic E-state index is 0.128. The van der Waals surface area contributed by atoms with Gasteiger partial charge < -0.3 is 0 Å². The highest BCUT2D eigenvalue weighted by molar-refractivity contribution is 6.04. The van der Waals surface area contributed by atoms with Crippen molar-refractivity contribution < 1.29 is 9.59 Å². The molecule has 0 amide bonds. The van der Waals surface area contributed by atoms with Gasteiger partial charge in [-0.2, -0.15) is 5.21 Å². The van der Waals surface area contributed by atoms with Crippen molar-refractivity contribution in [3.05, 3.63) is 11.9 Å². The molecular weight excluding hydrogens is 234 g/mol. The second-order valence-electron chi connectivity index (χ2n) is 4.35. The molecule has 0 unspecified atom stereocenters. The smallest absolute Gasteiger partial charge is 0.201 e. The number of ketones is 2. The molecule has 0 saturated carbocycles. The summed E-state index contributed by atoms with van der Waals surface area (Å²) in [4.78, 5) is 24.9. The molecule has 0 saturated heterocycles. The number of aromatic nitrogens is 4. The van der Waals surface area contributed by atoms with Gasteiger partial charge in [-0.15, -0.1) is 10.2 Å². The number of H-pyrrole nitrogens is 1. The zero-order chi connectivity index (χ0) is 13.1. The molecule has 0 fully saturated rings. The summed E-state index contributed by atoms with van der Waals surface area (Å²) in [6, 6.07) is -0.666. The van der Waals surface area contributed by atoms with Gasteiger partial charge >= 0.3 is 0 Å². The van der Waals surface area contributed by atoms with Crippen LogP contribution in [0.4, 0.5) is 0 Å². The van der Waals surface area contributed by atoms with Crippen LogP contribution < -0.4 is 0 Å². The lowest BCUT2D eigenvalue weighted by molar-refractivity contribution is -0.132. The third kappa shape index (κ3) is 2.51. The van der Waals surface area contributed by atoms with E-state index in [1.54, 1.807) is 0 Å². The van der Waals surface area contributed by atoms with E-state index in [1.165, 1.54) is 13.8 Å². The zero-order valence-corrected chi connectivity index (χ0v) is 10.4. The molecule has 96 valence electrons. The molecule has 0 aliphatic carbocycles. The highest BCUT2D eigenvalue weighted by Crippen LogP contribution is 2.19. The molecule has 2 heterocycles. The highest BCUT2D eigenvalue weighted by atomic mass is 16.2. The third-order valence-electron chi connectivity index (χ3n) is 2.95. The number of nitrogens with zero attached hydrogens (tertiary/aromatic N) is 4.